The molecule has 0 unspecified atom stereocenters. The first-order chi connectivity index (χ1) is 12.4. The molecule has 1 N–H and O–H groups in total. The van der Waals surface area contributed by atoms with E-state index in [0.717, 1.165) is 21.0 Å². The Labute approximate surface area is 161 Å². The van der Waals surface area contributed by atoms with Crippen molar-refractivity contribution in [1.82, 2.24) is 10.1 Å². The van der Waals surface area contributed by atoms with E-state index in [0.29, 0.717) is 28.6 Å². The molecule has 0 radical (unpaired) electrons. The molecule has 0 aliphatic carbocycles. The van der Waals surface area contributed by atoms with Crippen LogP contribution in [0.3, 0.4) is 0 Å². The summed E-state index contributed by atoms with van der Waals surface area (Å²) in [6, 6.07) is 5.98. The summed E-state index contributed by atoms with van der Waals surface area (Å²) in [5.41, 5.74) is 3.16. The topological polar surface area (TPSA) is 68.0 Å². The number of nitrogens with one attached hydrogen (secondary N) is 1. The second-order valence-electron chi connectivity index (χ2n) is 6.47. The van der Waals surface area contributed by atoms with Gasteiger partial charge in [0.1, 0.15) is 5.56 Å². The Kier molecular flexibility index (Phi) is 5.44. The molecule has 26 heavy (non-hydrogen) atoms. The Morgan fingerprint density at radius 2 is 2.12 bits per heavy atom. The molecule has 0 saturated carbocycles. The van der Waals surface area contributed by atoms with E-state index < -0.39 is 0 Å². The lowest BCUT2D eigenvalue weighted by molar-refractivity contribution is 0.102. The van der Waals surface area contributed by atoms with Gasteiger partial charge in [0.05, 0.1) is 5.69 Å². The van der Waals surface area contributed by atoms with Gasteiger partial charge in [-0.2, -0.15) is 0 Å². The average molecular weight is 390 g/mol. The first kappa shape index (κ1) is 18.6. The number of carbonyl (C=O) groups is 1. The molecule has 0 atom stereocenters. The van der Waals surface area contributed by atoms with E-state index in [1.807, 2.05) is 39.0 Å². The van der Waals surface area contributed by atoms with E-state index in [1.54, 1.807) is 13.1 Å². The van der Waals surface area contributed by atoms with Gasteiger partial charge in [-0.3, -0.25) is 10.1 Å². The number of amides is 1. The second-order valence-corrected chi connectivity index (χ2v) is 7.97. The molecule has 1 amide bonds. The van der Waals surface area contributed by atoms with E-state index in [9.17, 15) is 4.79 Å². The molecule has 1 aromatic carbocycles. The molecule has 0 aliphatic rings. The number of hydrogen-bond acceptors (Lipinski definition) is 5. The molecule has 0 spiro atoms. The number of hydrogen-bond donors (Lipinski definition) is 1. The highest BCUT2D eigenvalue weighted by Gasteiger charge is 2.23. The van der Waals surface area contributed by atoms with Crippen molar-refractivity contribution in [2.24, 2.45) is 0 Å². The fraction of sp³-hybridized carbons (Fsp3) is 0.316. The number of aromatic nitrogens is 2. The Hall–Kier alpha value is -2.18. The number of rotatable bonds is 5. The van der Waals surface area contributed by atoms with Crippen LogP contribution in [0.15, 0.2) is 28.9 Å². The van der Waals surface area contributed by atoms with Crippen LogP contribution in [0, 0.1) is 13.8 Å². The van der Waals surface area contributed by atoms with Gasteiger partial charge < -0.3 is 4.52 Å². The smallest absolute Gasteiger partial charge is 0.262 e. The summed E-state index contributed by atoms with van der Waals surface area (Å²) in [5, 5.41) is 8.08. The Balaban J connectivity index is 1.76. The van der Waals surface area contributed by atoms with Crippen molar-refractivity contribution in [2.45, 2.75) is 40.0 Å². The van der Waals surface area contributed by atoms with Crippen LogP contribution in [-0.2, 0) is 6.42 Å². The number of thiazole rings is 1. The van der Waals surface area contributed by atoms with Gasteiger partial charge in [-0.15, -0.1) is 11.3 Å². The van der Waals surface area contributed by atoms with E-state index in [2.05, 4.69) is 15.5 Å². The highest BCUT2D eigenvalue weighted by molar-refractivity contribution is 7.15. The largest absolute Gasteiger partial charge is 0.360 e. The van der Waals surface area contributed by atoms with Gasteiger partial charge in [0.15, 0.2) is 10.9 Å². The predicted molar refractivity (Wildman–Crippen MR) is 104 cm³/mol. The molecule has 0 bridgehead atoms. The Bertz CT molecular complexity index is 946. The molecule has 3 aromatic rings. The fourth-order valence-corrected chi connectivity index (χ4v) is 3.72. The molecular formula is C19H20ClN3O2S. The van der Waals surface area contributed by atoms with Crippen molar-refractivity contribution in [3.63, 3.8) is 0 Å². The first-order valence-corrected chi connectivity index (χ1v) is 9.52. The van der Waals surface area contributed by atoms with Crippen LogP contribution in [0.1, 0.15) is 57.6 Å². The number of benzene rings is 1. The molecule has 5 nitrogen and oxygen atoms in total. The van der Waals surface area contributed by atoms with Gasteiger partial charge in [0.2, 0.25) is 0 Å². The van der Waals surface area contributed by atoms with Crippen molar-refractivity contribution in [1.29, 1.82) is 0 Å². The van der Waals surface area contributed by atoms with Crippen LogP contribution in [0.2, 0.25) is 5.02 Å². The third-order valence-corrected chi connectivity index (χ3v) is 5.50. The number of nitrogens with zero attached hydrogens (tertiary/aromatic N) is 2. The van der Waals surface area contributed by atoms with Crippen LogP contribution in [0.5, 0.6) is 0 Å². The van der Waals surface area contributed by atoms with Gasteiger partial charge in [-0.1, -0.05) is 48.8 Å². The van der Waals surface area contributed by atoms with Crippen molar-refractivity contribution >= 4 is 34.0 Å². The minimum absolute atomic E-state index is 0.0762. The minimum atomic E-state index is -0.248. The predicted octanol–water partition coefficient (Wildman–Crippen LogP) is 5.37. The van der Waals surface area contributed by atoms with Crippen molar-refractivity contribution < 1.29 is 9.32 Å². The summed E-state index contributed by atoms with van der Waals surface area (Å²) < 4.78 is 5.28. The number of carbonyl (C=O) groups excluding carboxylic acids is 1. The maximum Gasteiger partial charge on any atom is 0.262 e. The van der Waals surface area contributed by atoms with E-state index >= 15 is 0 Å². The molecule has 0 saturated heterocycles. The Morgan fingerprint density at radius 1 is 1.35 bits per heavy atom. The van der Waals surface area contributed by atoms with Crippen LogP contribution in [-0.4, -0.2) is 16.0 Å². The Morgan fingerprint density at radius 3 is 2.85 bits per heavy atom. The SMILES string of the molecule is Cc1cccc(Cc2cnc(NC(=O)c3c(C)noc3C(C)C)s2)c1Cl. The molecule has 0 fully saturated rings. The maximum atomic E-state index is 12.6. The molecule has 0 aliphatic heterocycles. The average Bonchev–Trinajstić information content (AvgIpc) is 3.18. The highest BCUT2D eigenvalue weighted by Crippen LogP contribution is 2.28. The molecule has 2 heterocycles. The van der Waals surface area contributed by atoms with Gasteiger partial charge in [0.25, 0.3) is 5.91 Å². The summed E-state index contributed by atoms with van der Waals surface area (Å²) in [6.45, 7) is 7.67. The molecular weight excluding hydrogens is 370 g/mol. The maximum absolute atomic E-state index is 12.6. The molecule has 136 valence electrons. The van der Waals surface area contributed by atoms with Crippen molar-refractivity contribution in [3.05, 3.63) is 62.4 Å². The lowest BCUT2D eigenvalue weighted by Gasteiger charge is -2.05. The first-order valence-electron chi connectivity index (χ1n) is 8.33. The molecule has 7 heteroatoms. The van der Waals surface area contributed by atoms with E-state index in [4.69, 9.17) is 16.1 Å². The number of aryl methyl sites for hydroxylation is 2. The number of halogens is 1. The van der Waals surface area contributed by atoms with Gasteiger partial charge >= 0.3 is 0 Å². The monoisotopic (exact) mass is 389 g/mol. The highest BCUT2D eigenvalue weighted by atomic mass is 35.5. The normalized spacial score (nSPS) is 11.2. The van der Waals surface area contributed by atoms with Crippen molar-refractivity contribution in [2.75, 3.05) is 5.32 Å². The molecule has 3 rings (SSSR count). The van der Waals surface area contributed by atoms with Gasteiger partial charge in [-0.05, 0) is 25.0 Å². The lowest BCUT2D eigenvalue weighted by Crippen LogP contribution is -2.14. The number of anilines is 1. The quantitative estimate of drug-likeness (QED) is 0.637. The zero-order valence-electron chi connectivity index (χ0n) is 15.1. The van der Waals surface area contributed by atoms with Crippen LogP contribution in [0.4, 0.5) is 5.13 Å². The third kappa shape index (κ3) is 3.81. The van der Waals surface area contributed by atoms with Crippen LogP contribution < -0.4 is 5.32 Å². The second kappa shape index (κ2) is 7.60. The lowest BCUT2D eigenvalue weighted by atomic mass is 10.0. The molecule has 2 aromatic heterocycles. The van der Waals surface area contributed by atoms with Gasteiger partial charge in [0, 0.05) is 28.4 Å². The minimum Gasteiger partial charge on any atom is -0.360 e. The fourth-order valence-electron chi connectivity index (χ4n) is 2.70. The summed E-state index contributed by atoms with van der Waals surface area (Å²) in [6.07, 6.45) is 2.44. The van der Waals surface area contributed by atoms with Crippen LogP contribution >= 0.6 is 22.9 Å². The van der Waals surface area contributed by atoms with Gasteiger partial charge in [-0.25, -0.2) is 4.98 Å². The summed E-state index contributed by atoms with van der Waals surface area (Å²) in [4.78, 5) is 18.0. The summed E-state index contributed by atoms with van der Waals surface area (Å²) in [5.74, 6) is 0.414. The van der Waals surface area contributed by atoms with E-state index in [-0.39, 0.29) is 11.8 Å². The summed E-state index contributed by atoms with van der Waals surface area (Å²) >= 11 is 7.80. The zero-order valence-corrected chi connectivity index (χ0v) is 16.7. The van der Waals surface area contributed by atoms with Crippen molar-refractivity contribution in [3.8, 4) is 0 Å². The zero-order chi connectivity index (χ0) is 18.8. The third-order valence-electron chi connectivity index (χ3n) is 4.05. The van der Waals surface area contributed by atoms with Crippen LogP contribution in [0.25, 0.3) is 0 Å². The summed E-state index contributed by atoms with van der Waals surface area (Å²) in [7, 11) is 0. The van der Waals surface area contributed by atoms with E-state index in [1.165, 1.54) is 11.3 Å². The standard InChI is InChI=1S/C19H20ClN3O2S/c1-10(2)17-15(12(4)23-25-17)18(24)22-19-21-9-14(26-19)8-13-7-5-6-11(3)16(13)20/h5-7,9-10H,8H2,1-4H3,(H,21,22,24).